The van der Waals surface area contributed by atoms with Crippen LogP contribution >= 0.6 is 0 Å². The Bertz CT molecular complexity index is 1330. The third kappa shape index (κ3) is 5.42. The topological polar surface area (TPSA) is 127 Å². The first kappa shape index (κ1) is 24.2. The number of nitrogens with one attached hydrogen (secondary N) is 2. The summed E-state index contributed by atoms with van der Waals surface area (Å²) in [5.41, 5.74) is 0.111. The van der Waals surface area contributed by atoms with Crippen LogP contribution in [0.1, 0.15) is 44.7 Å². The molecule has 1 aliphatic carbocycles. The molecule has 0 spiro atoms. The summed E-state index contributed by atoms with van der Waals surface area (Å²) in [7, 11) is 1.73. The van der Waals surface area contributed by atoms with E-state index in [0.29, 0.717) is 36.2 Å². The number of aryl methyl sites for hydroxylation is 1. The summed E-state index contributed by atoms with van der Waals surface area (Å²) in [4.78, 5) is 48.3. The Hall–Kier alpha value is -3.95. The van der Waals surface area contributed by atoms with Gasteiger partial charge in [0.15, 0.2) is 0 Å². The fourth-order valence-electron chi connectivity index (χ4n) is 3.85. The molecule has 0 radical (unpaired) electrons. The molecule has 4 rings (SSSR count). The molecule has 2 heterocycles. The normalized spacial score (nSPS) is 14.3. The van der Waals surface area contributed by atoms with Crippen LogP contribution in [0.2, 0.25) is 0 Å². The van der Waals surface area contributed by atoms with Gasteiger partial charge in [-0.05, 0) is 69.9 Å². The minimum atomic E-state index is -0.860. The molecule has 10 heteroatoms. The summed E-state index contributed by atoms with van der Waals surface area (Å²) in [5.74, 6) is -0.112. The first-order valence-electron chi connectivity index (χ1n) is 11.3. The van der Waals surface area contributed by atoms with E-state index in [1.165, 1.54) is 0 Å². The van der Waals surface area contributed by atoms with Crippen molar-refractivity contribution in [2.24, 2.45) is 0 Å². The number of ether oxygens (including phenoxy) is 1. The van der Waals surface area contributed by atoms with Gasteiger partial charge in [-0.1, -0.05) is 6.07 Å². The molecule has 1 aliphatic rings. The number of pyridine rings is 1. The highest BCUT2D eigenvalue weighted by Crippen LogP contribution is 2.40. The number of fused-ring (bicyclic) bond motifs is 1. The highest BCUT2D eigenvalue weighted by atomic mass is 16.6. The monoisotopic (exact) mass is 479 g/mol. The van der Waals surface area contributed by atoms with E-state index in [9.17, 15) is 14.4 Å². The molecule has 0 bridgehead atoms. The minimum Gasteiger partial charge on any atom is -0.444 e. The lowest BCUT2D eigenvalue weighted by atomic mass is 10.1. The molecule has 35 heavy (non-hydrogen) atoms. The summed E-state index contributed by atoms with van der Waals surface area (Å²) in [6.45, 7) is 7.40. The molecule has 2 aromatic heterocycles. The number of hydrogen-bond acceptors (Lipinski definition) is 8. The van der Waals surface area contributed by atoms with Gasteiger partial charge in [0.25, 0.3) is 6.01 Å². The van der Waals surface area contributed by atoms with Crippen molar-refractivity contribution in [2.75, 3.05) is 17.7 Å². The smallest absolute Gasteiger partial charge is 0.412 e. The van der Waals surface area contributed by atoms with Crippen molar-refractivity contribution in [3.05, 3.63) is 58.2 Å². The molecule has 0 atom stereocenters. The fraction of sp³-hybridized carbons (Fsp3) is 0.400. The van der Waals surface area contributed by atoms with Crippen molar-refractivity contribution < 1.29 is 18.7 Å². The lowest BCUT2D eigenvalue weighted by Gasteiger charge is -2.24. The van der Waals surface area contributed by atoms with Gasteiger partial charge in [0, 0.05) is 31.7 Å². The van der Waals surface area contributed by atoms with E-state index in [1.807, 2.05) is 12.1 Å². The standard InChI is InChI=1S/C25H29N5O5/c1-15-17(28-23(33)35-24(2,3)4)8-9-18-19(15)20(31)34-22(27-18)29-25(10-11-25)21(32)30(5)14-16-7-6-12-26-13-16/h6-9,12-13H,10-11,14H2,1-5H3,(H,27,29)(H,28,33). The summed E-state index contributed by atoms with van der Waals surface area (Å²) >= 11 is 0. The fourth-order valence-corrected chi connectivity index (χ4v) is 3.85. The minimum absolute atomic E-state index is 0.0182. The van der Waals surface area contributed by atoms with E-state index in [0.717, 1.165) is 5.56 Å². The van der Waals surface area contributed by atoms with E-state index < -0.39 is 22.9 Å². The van der Waals surface area contributed by atoms with Gasteiger partial charge in [-0.25, -0.2) is 9.59 Å². The van der Waals surface area contributed by atoms with Crippen LogP contribution in [0.4, 0.5) is 16.5 Å². The third-order valence-corrected chi connectivity index (χ3v) is 5.69. The van der Waals surface area contributed by atoms with E-state index in [4.69, 9.17) is 9.15 Å². The lowest BCUT2D eigenvalue weighted by Crippen LogP contribution is -2.42. The first-order chi connectivity index (χ1) is 16.5. The average Bonchev–Trinajstić information content (AvgIpc) is 3.54. The van der Waals surface area contributed by atoms with Gasteiger partial charge in [-0.3, -0.25) is 15.1 Å². The summed E-state index contributed by atoms with van der Waals surface area (Å²) in [6.07, 6.45) is 3.98. The van der Waals surface area contributed by atoms with Crippen LogP contribution in [0.25, 0.3) is 10.9 Å². The molecule has 10 nitrogen and oxygen atoms in total. The van der Waals surface area contributed by atoms with Gasteiger partial charge in [-0.2, -0.15) is 4.98 Å². The second kappa shape index (κ2) is 9.01. The van der Waals surface area contributed by atoms with Crippen LogP contribution in [0.5, 0.6) is 0 Å². The predicted molar refractivity (Wildman–Crippen MR) is 131 cm³/mol. The van der Waals surface area contributed by atoms with Gasteiger partial charge in [0.2, 0.25) is 5.91 Å². The number of aromatic nitrogens is 2. The second-order valence-electron chi connectivity index (χ2n) is 9.80. The zero-order chi connectivity index (χ0) is 25.4. The van der Waals surface area contributed by atoms with E-state index in [-0.39, 0.29) is 17.3 Å². The number of carbonyl (C=O) groups excluding carboxylic acids is 2. The van der Waals surface area contributed by atoms with Gasteiger partial charge < -0.3 is 19.4 Å². The predicted octanol–water partition coefficient (Wildman–Crippen LogP) is 3.84. The molecule has 0 unspecified atom stereocenters. The Balaban J connectivity index is 1.53. The van der Waals surface area contributed by atoms with Crippen molar-refractivity contribution in [1.82, 2.24) is 14.9 Å². The molecule has 184 valence electrons. The maximum atomic E-state index is 13.1. The maximum Gasteiger partial charge on any atom is 0.412 e. The van der Waals surface area contributed by atoms with Crippen molar-refractivity contribution in [3.8, 4) is 0 Å². The van der Waals surface area contributed by atoms with Crippen LogP contribution in [-0.2, 0) is 16.1 Å². The van der Waals surface area contributed by atoms with Gasteiger partial charge in [0.1, 0.15) is 11.1 Å². The van der Waals surface area contributed by atoms with Crippen molar-refractivity contribution in [2.45, 2.75) is 58.2 Å². The van der Waals surface area contributed by atoms with E-state index in [2.05, 4.69) is 20.6 Å². The van der Waals surface area contributed by atoms with Crippen LogP contribution < -0.4 is 16.3 Å². The van der Waals surface area contributed by atoms with E-state index >= 15 is 0 Å². The van der Waals surface area contributed by atoms with Gasteiger partial charge in [-0.15, -0.1) is 0 Å². The largest absolute Gasteiger partial charge is 0.444 e. The number of nitrogens with zero attached hydrogens (tertiary/aromatic N) is 3. The quantitative estimate of drug-likeness (QED) is 0.546. The van der Waals surface area contributed by atoms with Crippen molar-refractivity contribution in [1.29, 1.82) is 0 Å². The number of amides is 2. The Labute approximate surface area is 202 Å². The Morgan fingerprint density at radius 3 is 2.60 bits per heavy atom. The first-order valence-corrected chi connectivity index (χ1v) is 11.3. The van der Waals surface area contributed by atoms with Gasteiger partial charge >= 0.3 is 11.7 Å². The van der Waals surface area contributed by atoms with Crippen molar-refractivity contribution >= 4 is 34.6 Å². The molecule has 3 aromatic rings. The average molecular weight is 480 g/mol. The molecule has 1 saturated carbocycles. The number of benzene rings is 1. The van der Waals surface area contributed by atoms with Crippen molar-refractivity contribution in [3.63, 3.8) is 0 Å². The third-order valence-electron chi connectivity index (χ3n) is 5.69. The van der Waals surface area contributed by atoms with Crippen LogP contribution in [0, 0.1) is 6.92 Å². The summed E-state index contributed by atoms with van der Waals surface area (Å²) < 4.78 is 10.7. The van der Waals surface area contributed by atoms with Crippen LogP contribution in [0.15, 0.2) is 45.9 Å². The summed E-state index contributed by atoms with van der Waals surface area (Å²) in [6, 6.07) is 6.98. The SMILES string of the molecule is Cc1c(NC(=O)OC(C)(C)C)ccc2nc(NC3(C(=O)N(C)Cc4cccnc4)CC3)oc(=O)c12. The second-order valence-corrected chi connectivity index (χ2v) is 9.80. The Kier molecular flexibility index (Phi) is 6.23. The zero-order valence-electron chi connectivity index (χ0n) is 20.5. The number of carbonyl (C=O) groups is 2. The lowest BCUT2D eigenvalue weighted by molar-refractivity contribution is -0.132. The van der Waals surface area contributed by atoms with E-state index in [1.54, 1.807) is 64.2 Å². The molecule has 1 aromatic carbocycles. The number of hydrogen-bond donors (Lipinski definition) is 2. The summed E-state index contributed by atoms with van der Waals surface area (Å²) in [5, 5.41) is 5.95. The highest BCUT2D eigenvalue weighted by molar-refractivity contribution is 5.94. The highest BCUT2D eigenvalue weighted by Gasteiger charge is 2.52. The number of likely N-dealkylation sites (N-methyl/N-ethyl adjacent to an activating group) is 1. The molecule has 0 aliphatic heterocycles. The van der Waals surface area contributed by atoms with Crippen LogP contribution in [0.3, 0.4) is 0 Å². The Morgan fingerprint density at radius 1 is 1.23 bits per heavy atom. The molecular formula is C25H29N5O5. The molecule has 0 saturated heterocycles. The Morgan fingerprint density at radius 2 is 1.97 bits per heavy atom. The maximum absolute atomic E-state index is 13.1. The molecule has 1 fully saturated rings. The van der Waals surface area contributed by atoms with Gasteiger partial charge in [0.05, 0.1) is 10.9 Å². The zero-order valence-corrected chi connectivity index (χ0v) is 20.5. The molecule has 2 amide bonds. The molecule has 2 N–H and O–H groups in total. The van der Waals surface area contributed by atoms with Crippen LogP contribution in [-0.4, -0.2) is 45.1 Å². The number of rotatable bonds is 6. The number of anilines is 2. The molecular weight excluding hydrogens is 450 g/mol.